The quantitative estimate of drug-likeness (QED) is 0.551. The molecule has 1 fully saturated rings. The number of amides is 1. The predicted octanol–water partition coefficient (Wildman–Crippen LogP) is 3.81. The molecule has 182 valence electrons. The van der Waals surface area contributed by atoms with Crippen LogP contribution in [0.5, 0.6) is 17.2 Å². The Morgan fingerprint density at radius 1 is 1.03 bits per heavy atom. The van der Waals surface area contributed by atoms with E-state index in [0.717, 1.165) is 16.9 Å². The van der Waals surface area contributed by atoms with Crippen LogP contribution in [0.15, 0.2) is 59.3 Å². The number of hydrogen-bond donors (Lipinski definition) is 1. The molecule has 1 N–H and O–H groups in total. The average Bonchev–Trinajstić information content (AvgIpc) is 3.49. The van der Waals surface area contributed by atoms with E-state index in [9.17, 15) is 4.79 Å². The van der Waals surface area contributed by atoms with Crippen LogP contribution in [0.1, 0.15) is 29.5 Å². The highest BCUT2D eigenvalue weighted by atomic mass is 16.5. The van der Waals surface area contributed by atoms with Crippen LogP contribution in [0, 0.1) is 6.92 Å². The maximum absolute atomic E-state index is 13.3. The van der Waals surface area contributed by atoms with Gasteiger partial charge in [0.15, 0.2) is 0 Å². The van der Waals surface area contributed by atoms with E-state index >= 15 is 0 Å². The minimum atomic E-state index is -0.291. The van der Waals surface area contributed by atoms with Crippen molar-refractivity contribution in [3.8, 4) is 28.7 Å². The number of nitrogens with one attached hydrogen (secondary N) is 1. The highest BCUT2D eigenvalue weighted by Crippen LogP contribution is 2.35. The number of carbonyl (C=O) groups excluding carboxylic acids is 1. The van der Waals surface area contributed by atoms with Gasteiger partial charge in [0.2, 0.25) is 5.89 Å². The van der Waals surface area contributed by atoms with Crippen molar-refractivity contribution in [2.24, 2.45) is 0 Å². The maximum Gasteiger partial charge on any atom is 0.251 e. The van der Waals surface area contributed by atoms with Crippen LogP contribution in [0.25, 0.3) is 11.5 Å². The Kier molecular flexibility index (Phi) is 6.08. The molecule has 2 aliphatic heterocycles. The summed E-state index contributed by atoms with van der Waals surface area (Å²) in [4.78, 5) is 19.7. The number of rotatable bonds is 7. The molecule has 2 atom stereocenters. The second-order valence-corrected chi connectivity index (χ2v) is 8.47. The zero-order chi connectivity index (χ0) is 24.5. The molecule has 0 aliphatic carbocycles. The molecular weight excluding hydrogens is 448 g/mol. The molecule has 0 bridgehead atoms. The van der Waals surface area contributed by atoms with Crippen LogP contribution in [-0.4, -0.2) is 48.2 Å². The SMILES string of the molecule is COc1ccc(C2CC3C(=O)N(Cc4nc(-c5ccc(OC)cc5OC)oc4C)C=CN3N2)cc1. The second-order valence-electron chi connectivity index (χ2n) is 8.47. The fraction of sp³-hybridized carbons (Fsp3) is 0.308. The fourth-order valence-corrected chi connectivity index (χ4v) is 4.45. The van der Waals surface area contributed by atoms with Crippen molar-refractivity contribution >= 4 is 5.91 Å². The van der Waals surface area contributed by atoms with Gasteiger partial charge in [0.05, 0.1) is 39.5 Å². The minimum Gasteiger partial charge on any atom is -0.497 e. The van der Waals surface area contributed by atoms with E-state index in [0.29, 0.717) is 41.8 Å². The monoisotopic (exact) mass is 476 g/mol. The van der Waals surface area contributed by atoms with Gasteiger partial charge in [0, 0.05) is 18.5 Å². The molecule has 1 saturated heterocycles. The van der Waals surface area contributed by atoms with Gasteiger partial charge in [-0.05, 0) is 43.2 Å². The van der Waals surface area contributed by atoms with Gasteiger partial charge in [-0.3, -0.25) is 4.79 Å². The van der Waals surface area contributed by atoms with Crippen LogP contribution < -0.4 is 19.6 Å². The average molecular weight is 477 g/mol. The number of oxazole rings is 1. The molecule has 3 aromatic rings. The number of methoxy groups -OCH3 is 3. The Bertz CT molecular complexity index is 1250. The lowest BCUT2D eigenvalue weighted by atomic mass is 10.0. The zero-order valence-corrected chi connectivity index (χ0v) is 20.1. The van der Waals surface area contributed by atoms with E-state index in [2.05, 4.69) is 10.4 Å². The number of hydrogen-bond acceptors (Lipinski definition) is 8. The van der Waals surface area contributed by atoms with Crippen LogP contribution in [0.4, 0.5) is 0 Å². The van der Waals surface area contributed by atoms with Crippen LogP contribution >= 0.6 is 0 Å². The molecule has 2 aliphatic rings. The van der Waals surface area contributed by atoms with Crippen molar-refractivity contribution in [2.75, 3.05) is 21.3 Å². The maximum atomic E-state index is 13.3. The van der Waals surface area contributed by atoms with Gasteiger partial charge in [-0.1, -0.05) is 12.1 Å². The first-order chi connectivity index (χ1) is 17.0. The summed E-state index contributed by atoms with van der Waals surface area (Å²) in [6, 6.07) is 13.1. The Morgan fingerprint density at radius 3 is 2.49 bits per heavy atom. The topological polar surface area (TPSA) is 89.3 Å². The molecule has 2 unspecified atom stereocenters. The summed E-state index contributed by atoms with van der Waals surface area (Å²) in [6.07, 6.45) is 4.35. The third-order valence-electron chi connectivity index (χ3n) is 6.45. The summed E-state index contributed by atoms with van der Waals surface area (Å²) < 4.78 is 22.0. The number of ether oxygens (including phenoxy) is 3. The molecule has 9 heteroatoms. The molecule has 0 saturated carbocycles. The number of hydrazine groups is 1. The standard InChI is InChI=1S/C26H28N4O5/c1-16-22(27-25(35-16)20-10-9-19(33-3)13-24(20)34-4)15-29-11-12-30-23(26(29)31)14-21(28-30)17-5-7-18(32-2)8-6-17/h5-13,21,23,28H,14-15H2,1-4H3. The van der Waals surface area contributed by atoms with Crippen LogP contribution in [0.3, 0.4) is 0 Å². The predicted molar refractivity (Wildman–Crippen MR) is 129 cm³/mol. The molecule has 9 nitrogen and oxygen atoms in total. The summed E-state index contributed by atoms with van der Waals surface area (Å²) >= 11 is 0. The van der Waals surface area contributed by atoms with Gasteiger partial charge in [-0.25, -0.2) is 10.4 Å². The summed E-state index contributed by atoms with van der Waals surface area (Å²) in [5.74, 6) is 3.20. The lowest BCUT2D eigenvalue weighted by Gasteiger charge is -2.31. The summed E-state index contributed by atoms with van der Waals surface area (Å²) in [6.45, 7) is 2.17. The highest BCUT2D eigenvalue weighted by Gasteiger charge is 2.40. The molecule has 35 heavy (non-hydrogen) atoms. The molecule has 5 rings (SSSR count). The Labute approximate surface area is 203 Å². The number of benzene rings is 2. The van der Waals surface area contributed by atoms with E-state index in [-0.39, 0.29) is 18.0 Å². The summed E-state index contributed by atoms with van der Waals surface area (Å²) in [5, 5.41) is 1.89. The van der Waals surface area contributed by atoms with Gasteiger partial charge >= 0.3 is 0 Å². The Morgan fingerprint density at radius 2 is 1.77 bits per heavy atom. The summed E-state index contributed by atoms with van der Waals surface area (Å²) in [5.41, 5.74) is 5.95. The molecule has 0 radical (unpaired) electrons. The number of carbonyl (C=O) groups is 1. The van der Waals surface area contributed by atoms with Gasteiger partial charge in [-0.2, -0.15) is 0 Å². The van der Waals surface area contributed by atoms with Crippen molar-refractivity contribution in [1.29, 1.82) is 0 Å². The Balaban J connectivity index is 1.31. The van der Waals surface area contributed by atoms with Gasteiger partial charge in [0.25, 0.3) is 5.91 Å². The highest BCUT2D eigenvalue weighted by molar-refractivity contribution is 5.84. The molecule has 3 heterocycles. The van der Waals surface area contributed by atoms with Crippen molar-refractivity contribution in [3.63, 3.8) is 0 Å². The van der Waals surface area contributed by atoms with Gasteiger partial charge in [-0.15, -0.1) is 0 Å². The smallest absolute Gasteiger partial charge is 0.251 e. The first-order valence-electron chi connectivity index (χ1n) is 11.4. The largest absolute Gasteiger partial charge is 0.497 e. The second kappa shape index (κ2) is 9.34. The molecule has 0 spiro atoms. The fourth-order valence-electron chi connectivity index (χ4n) is 4.45. The third kappa shape index (κ3) is 4.30. The molecule has 1 aromatic heterocycles. The normalized spacial score (nSPS) is 19.1. The summed E-state index contributed by atoms with van der Waals surface area (Å²) in [7, 11) is 4.84. The van der Waals surface area contributed by atoms with E-state index < -0.39 is 0 Å². The Hall–Kier alpha value is -3.98. The van der Waals surface area contributed by atoms with Crippen molar-refractivity contribution in [2.45, 2.75) is 32.0 Å². The van der Waals surface area contributed by atoms with E-state index in [1.807, 2.05) is 54.5 Å². The number of fused-ring (bicyclic) bond motifs is 1. The van der Waals surface area contributed by atoms with Crippen molar-refractivity contribution < 1.29 is 23.4 Å². The number of nitrogens with zero attached hydrogens (tertiary/aromatic N) is 3. The van der Waals surface area contributed by atoms with Crippen LogP contribution in [-0.2, 0) is 11.3 Å². The van der Waals surface area contributed by atoms with Crippen molar-refractivity contribution in [3.05, 3.63) is 71.9 Å². The lowest BCUT2D eigenvalue weighted by molar-refractivity contribution is -0.135. The van der Waals surface area contributed by atoms with E-state index in [1.165, 1.54) is 0 Å². The minimum absolute atomic E-state index is 0.0157. The van der Waals surface area contributed by atoms with E-state index in [1.54, 1.807) is 38.5 Å². The zero-order valence-electron chi connectivity index (χ0n) is 20.1. The molecule has 2 aromatic carbocycles. The van der Waals surface area contributed by atoms with Gasteiger partial charge in [0.1, 0.15) is 34.7 Å². The number of aromatic nitrogens is 1. The first-order valence-corrected chi connectivity index (χ1v) is 11.4. The molecular formula is C26H28N4O5. The lowest BCUT2D eigenvalue weighted by Crippen LogP contribution is -2.47. The number of aryl methyl sites for hydroxylation is 1. The van der Waals surface area contributed by atoms with Crippen molar-refractivity contribution in [1.82, 2.24) is 20.3 Å². The molecule has 1 amide bonds. The first kappa shape index (κ1) is 22.8. The third-order valence-corrected chi connectivity index (χ3v) is 6.45. The van der Waals surface area contributed by atoms with Crippen LogP contribution in [0.2, 0.25) is 0 Å². The van der Waals surface area contributed by atoms with Gasteiger partial charge < -0.3 is 28.5 Å². The van der Waals surface area contributed by atoms with E-state index in [4.69, 9.17) is 18.6 Å².